The van der Waals surface area contributed by atoms with Crippen molar-refractivity contribution in [2.24, 2.45) is 7.05 Å². The van der Waals surface area contributed by atoms with Crippen LogP contribution < -0.4 is 0 Å². The first-order chi connectivity index (χ1) is 12.5. The van der Waals surface area contributed by atoms with Crippen molar-refractivity contribution in [1.82, 2.24) is 15.0 Å². The van der Waals surface area contributed by atoms with Crippen molar-refractivity contribution in [3.05, 3.63) is 58.1 Å². The molecule has 0 saturated carbocycles. The summed E-state index contributed by atoms with van der Waals surface area (Å²) < 4.78 is 13.1. The van der Waals surface area contributed by atoms with E-state index in [1.54, 1.807) is 4.68 Å². The molecule has 3 atom stereocenters. The second kappa shape index (κ2) is 6.81. The number of aliphatic hydroxyl groups excluding tert-OH is 1. The largest absolute Gasteiger partial charge is 0.384 e. The molecule has 0 amide bonds. The highest BCUT2D eigenvalue weighted by Gasteiger charge is 2.29. The molecule has 7 heteroatoms. The Morgan fingerprint density at radius 2 is 2.15 bits per heavy atom. The average Bonchev–Trinajstić information content (AvgIpc) is 3.24. The fourth-order valence-electron chi connectivity index (χ4n) is 3.94. The van der Waals surface area contributed by atoms with Crippen LogP contribution in [0.2, 0.25) is 0 Å². The number of hydrogen-bond acceptors (Lipinski definition) is 4. The lowest BCUT2D eigenvalue weighted by atomic mass is 9.94. The molecule has 1 aromatic heterocycles. The fraction of sp³-hybridized carbons (Fsp3) is 0.368. The first-order valence-corrected chi connectivity index (χ1v) is 12.0. The lowest BCUT2D eigenvalue weighted by Gasteiger charge is -2.18. The number of benzene rings is 2. The molecule has 1 heterocycles. The Morgan fingerprint density at radius 1 is 1.35 bits per heavy atom. The number of rotatable bonds is 4. The molecule has 3 aromatic rings. The molecule has 2 aromatic carbocycles. The Morgan fingerprint density at radius 3 is 2.92 bits per heavy atom. The van der Waals surface area contributed by atoms with Crippen molar-refractivity contribution in [2.45, 2.75) is 31.5 Å². The van der Waals surface area contributed by atoms with Crippen LogP contribution in [0.4, 0.5) is 0 Å². The van der Waals surface area contributed by atoms with E-state index in [1.807, 2.05) is 32.2 Å². The Hall–Kier alpha value is -1.67. The number of aromatic nitrogens is 3. The maximum absolute atomic E-state index is 11.4. The normalized spacial score (nSPS) is 19.0. The third-order valence-electron chi connectivity index (χ3n) is 5.49. The van der Waals surface area contributed by atoms with E-state index in [4.69, 9.17) is 0 Å². The summed E-state index contributed by atoms with van der Waals surface area (Å²) in [7, 11) is 1.55. The molecule has 0 spiro atoms. The van der Waals surface area contributed by atoms with Gasteiger partial charge in [0.1, 0.15) is 11.6 Å². The van der Waals surface area contributed by atoms with Gasteiger partial charge in [-0.1, -0.05) is 29.5 Å². The van der Waals surface area contributed by atoms with Crippen LogP contribution in [-0.4, -0.2) is 26.8 Å². The van der Waals surface area contributed by atoms with Crippen LogP contribution >= 0.6 is 15.8 Å². The van der Waals surface area contributed by atoms with E-state index in [2.05, 4.69) is 29.1 Å². The Bertz CT molecular complexity index is 1000. The van der Waals surface area contributed by atoms with E-state index < -0.39 is 13.7 Å². The number of hydrogen-bond donors (Lipinski definition) is 1. The van der Waals surface area contributed by atoms with Gasteiger partial charge in [0.15, 0.2) is 8.15 Å². The summed E-state index contributed by atoms with van der Waals surface area (Å²) in [6.45, 7) is 4.06. The molecule has 5 nitrogen and oxygen atoms in total. The molecule has 0 bridgehead atoms. The van der Waals surface area contributed by atoms with Gasteiger partial charge in [0.2, 0.25) is 0 Å². The first-order valence-electron chi connectivity index (χ1n) is 8.67. The second-order valence-electron chi connectivity index (χ2n) is 6.93. The highest BCUT2D eigenvalue weighted by atomic mass is 32.0. The summed E-state index contributed by atoms with van der Waals surface area (Å²) in [5.74, 6) is 0. The third-order valence-corrected chi connectivity index (χ3v) is 8.79. The Balaban J connectivity index is 1.75. The van der Waals surface area contributed by atoms with E-state index in [0.29, 0.717) is 5.66 Å². The average molecular weight is 385 g/mol. The van der Waals surface area contributed by atoms with Crippen LogP contribution in [0.1, 0.15) is 46.0 Å². The van der Waals surface area contributed by atoms with E-state index in [1.165, 1.54) is 11.1 Å². The van der Waals surface area contributed by atoms with Crippen molar-refractivity contribution in [3.8, 4) is 0 Å². The van der Waals surface area contributed by atoms with Crippen LogP contribution in [0.15, 0.2) is 30.3 Å². The predicted octanol–water partition coefficient (Wildman–Crippen LogP) is 4.66. The molecule has 1 aliphatic rings. The van der Waals surface area contributed by atoms with Crippen LogP contribution in [0.25, 0.3) is 11.0 Å². The highest BCUT2D eigenvalue weighted by Crippen LogP contribution is 2.62. The summed E-state index contributed by atoms with van der Waals surface area (Å²) in [5.41, 5.74) is 7.41. The summed E-state index contributed by atoms with van der Waals surface area (Å²) in [4.78, 5) is 0. The molecule has 0 radical (unpaired) electrons. The molecule has 0 aliphatic heterocycles. The standard InChI is InChI=1S/C19H21N3O2P2/c1-11-14(7-8-16-18(11)20-21-22(16)2)19(23)13-5-4-12-6-9-17(15(12)10-13)26(3)25-24/h4-5,7-8,10,17,19,23H,6,9H2,1-3H3. The lowest BCUT2D eigenvalue weighted by Crippen LogP contribution is -2.04. The minimum atomic E-state index is -0.708. The highest BCUT2D eigenvalue weighted by molar-refractivity contribution is 8.16. The summed E-state index contributed by atoms with van der Waals surface area (Å²) in [6.07, 6.45) is 1.38. The van der Waals surface area contributed by atoms with Gasteiger partial charge in [0, 0.05) is 12.7 Å². The zero-order chi connectivity index (χ0) is 18.4. The molecular weight excluding hydrogens is 364 g/mol. The van der Waals surface area contributed by atoms with Crippen molar-refractivity contribution in [1.29, 1.82) is 0 Å². The van der Waals surface area contributed by atoms with Gasteiger partial charge in [-0.3, -0.25) is 4.57 Å². The first kappa shape index (κ1) is 17.7. The zero-order valence-corrected chi connectivity index (χ0v) is 16.8. The molecule has 3 unspecified atom stereocenters. The fourth-order valence-corrected chi connectivity index (χ4v) is 6.26. The third kappa shape index (κ3) is 2.79. The summed E-state index contributed by atoms with van der Waals surface area (Å²) >= 11 is 0. The maximum atomic E-state index is 11.4. The van der Waals surface area contributed by atoms with Gasteiger partial charge in [-0.05, 0) is 67.9 Å². The van der Waals surface area contributed by atoms with Crippen molar-refractivity contribution >= 4 is 26.8 Å². The Kier molecular flexibility index (Phi) is 4.64. The SMILES string of the molecule is Cc1c(C(O)c2ccc3c(c2)C(P(C)P=O)CC3)ccc2c1nnn2C. The van der Waals surface area contributed by atoms with Gasteiger partial charge in [0.25, 0.3) is 0 Å². The van der Waals surface area contributed by atoms with Gasteiger partial charge in [-0.25, -0.2) is 4.68 Å². The molecular formula is C19H21N3O2P2. The molecule has 0 saturated heterocycles. The van der Waals surface area contributed by atoms with Crippen LogP contribution in [0.3, 0.4) is 0 Å². The number of nitrogens with zero attached hydrogens (tertiary/aromatic N) is 3. The monoisotopic (exact) mass is 385 g/mol. The minimum Gasteiger partial charge on any atom is -0.384 e. The van der Waals surface area contributed by atoms with E-state index in [-0.39, 0.29) is 8.15 Å². The molecule has 1 N–H and O–H groups in total. The molecule has 1 aliphatic carbocycles. The zero-order valence-electron chi connectivity index (χ0n) is 15.0. The van der Waals surface area contributed by atoms with Crippen molar-refractivity contribution in [2.75, 3.05) is 6.66 Å². The quantitative estimate of drug-likeness (QED) is 0.663. The molecule has 26 heavy (non-hydrogen) atoms. The van der Waals surface area contributed by atoms with Gasteiger partial charge >= 0.3 is 0 Å². The second-order valence-corrected chi connectivity index (χ2v) is 11.2. The molecule has 4 rings (SSSR count). The summed E-state index contributed by atoms with van der Waals surface area (Å²) in [6, 6.07) is 10.2. The van der Waals surface area contributed by atoms with Crippen LogP contribution in [-0.2, 0) is 18.0 Å². The topological polar surface area (TPSA) is 68.0 Å². The summed E-state index contributed by atoms with van der Waals surface area (Å²) in [5, 5.41) is 19.3. The molecule has 0 fully saturated rings. The maximum Gasteiger partial charge on any atom is 0.181 e. The van der Waals surface area contributed by atoms with Crippen molar-refractivity contribution < 1.29 is 9.67 Å². The van der Waals surface area contributed by atoms with Gasteiger partial charge in [-0.2, -0.15) is 0 Å². The Labute approximate surface area is 155 Å². The smallest absolute Gasteiger partial charge is 0.181 e. The van der Waals surface area contributed by atoms with E-state index in [9.17, 15) is 9.67 Å². The van der Waals surface area contributed by atoms with E-state index in [0.717, 1.165) is 40.6 Å². The van der Waals surface area contributed by atoms with Gasteiger partial charge in [-0.15, -0.1) is 5.10 Å². The van der Waals surface area contributed by atoms with Gasteiger partial charge in [0.05, 0.1) is 5.52 Å². The van der Waals surface area contributed by atoms with E-state index >= 15 is 0 Å². The van der Waals surface area contributed by atoms with Crippen molar-refractivity contribution in [3.63, 3.8) is 0 Å². The van der Waals surface area contributed by atoms with Crippen LogP contribution in [0, 0.1) is 6.92 Å². The number of aryl methyl sites for hydroxylation is 3. The predicted molar refractivity (Wildman–Crippen MR) is 105 cm³/mol. The van der Waals surface area contributed by atoms with Gasteiger partial charge < -0.3 is 5.11 Å². The number of fused-ring (bicyclic) bond motifs is 2. The number of aliphatic hydroxyl groups is 1. The lowest BCUT2D eigenvalue weighted by molar-refractivity contribution is 0.219. The molecule has 134 valence electrons. The van der Waals surface area contributed by atoms with Crippen LogP contribution in [0.5, 0.6) is 0 Å². The minimum absolute atomic E-state index is 0.251.